The number of ether oxygens (including phenoxy) is 2. The standard InChI is InChI=1S/C11H14F2N2O2/c1-16-3-2-4-17-10-8(12)5-7(11(14)15)6-9(10)13/h5-6H,2-4H2,1H3,(H3,14,15). The van der Waals surface area contributed by atoms with Crippen LogP contribution in [0.2, 0.25) is 0 Å². The van der Waals surface area contributed by atoms with Gasteiger partial charge >= 0.3 is 0 Å². The minimum Gasteiger partial charge on any atom is -0.488 e. The molecule has 0 atom stereocenters. The summed E-state index contributed by atoms with van der Waals surface area (Å²) >= 11 is 0. The van der Waals surface area contributed by atoms with Gasteiger partial charge in [0.05, 0.1) is 6.61 Å². The molecular weight excluding hydrogens is 230 g/mol. The fourth-order valence-corrected chi connectivity index (χ4v) is 1.23. The molecule has 17 heavy (non-hydrogen) atoms. The van der Waals surface area contributed by atoms with Crippen molar-refractivity contribution in [2.75, 3.05) is 20.3 Å². The van der Waals surface area contributed by atoms with Crippen LogP contribution in [0.25, 0.3) is 0 Å². The van der Waals surface area contributed by atoms with E-state index in [2.05, 4.69) is 0 Å². The molecule has 4 nitrogen and oxygen atoms in total. The van der Waals surface area contributed by atoms with E-state index in [1.807, 2.05) is 0 Å². The van der Waals surface area contributed by atoms with E-state index in [0.29, 0.717) is 13.0 Å². The first-order valence-corrected chi connectivity index (χ1v) is 5.01. The molecule has 0 aliphatic carbocycles. The monoisotopic (exact) mass is 244 g/mol. The molecule has 1 rings (SSSR count). The van der Waals surface area contributed by atoms with Crippen LogP contribution in [0.4, 0.5) is 8.78 Å². The quantitative estimate of drug-likeness (QED) is 0.454. The first-order chi connectivity index (χ1) is 8.06. The van der Waals surface area contributed by atoms with E-state index in [0.717, 1.165) is 12.1 Å². The fraction of sp³-hybridized carbons (Fsp3) is 0.364. The molecule has 1 aromatic carbocycles. The number of nitrogens with two attached hydrogens (primary N) is 1. The van der Waals surface area contributed by atoms with Crippen molar-refractivity contribution in [1.29, 1.82) is 5.41 Å². The van der Waals surface area contributed by atoms with Crippen molar-refractivity contribution in [3.63, 3.8) is 0 Å². The van der Waals surface area contributed by atoms with Gasteiger partial charge in [0.15, 0.2) is 17.4 Å². The SMILES string of the molecule is COCCCOc1c(F)cc(C(=N)N)cc1F. The van der Waals surface area contributed by atoms with Gasteiger partial charge < -0.3 is 15.2 Å². The molecule has 0 amide bonds. The van der Waals surface area contributed by atoms with Crippen LogP contribution in [0.15, 0.2) is 12.1 Å². The van der Waals surface area contributed by atoms with Gasteiger partial charge in [0.2, 0.25) is 0 Å². The topological polar surface area (TPSA) is 68.3 Å². The van der Waals surface area contributed by atoms with Crippen LogP contribution in [0.3, 0.4) is 0 Å². The molecule has 0 fully saturated rings. The zero-order chi connectivity index (χ0) is 12.8. The summed E-state index contributed by atoms with van der Waals surface area (Å²) in [6, 6.07) is 1.94. The number of hydrogen-bond acceptors (Lipinski definition) is 3. The number of halogens is 2. The summed E-state index contributed by atoms with van der Waals surface area (Å²) in [5.41, 5.74) is 5.12. The number of rotatable bonds is 6. The molecule has 0 aliphatic heterocycles. The van der Waals surface area contributed by atoms with Gasteiger partial charge in [-0.2, -0.15) is 0 Å². The maximum absolute atomic E-state index is 13.4. The smallest absolute Gasteiger partial charge is 0.190 e. The van der Waals surface area contributed by atoms with Crippen LogP contribution in [0, 0.1) is 17.0 Å². The third-order valence-corrected chi connectivity index (χ3v) is 2.05. The van der Waals surface area contributed by atoms with E-state index in [1.165, 1.54) is 7.11 Å². The Bertz CT molecular complexity index is 387. The van der Waals surface area contributed by atoms with Crippen LogP contribution in [0.5, 0.6) is 5.75 Å². The molecular formula is C11H14F2N2O2. The first kappa shape index (κ1) is 13.4. The van der Waals surface area contributed by atoms with Crippen molar-refractivity contribution in [2.45, 2.75) is 6.42 Å². The van der Waals surface area contributed by atoms with E-state index in [9.17, 15) is 8.78 Å². The largest absolute Gasteiger partial charge is 0.488 e. The number of amidine groups is 1. The second-order valence-electron chi connectivity index (χ2n) is 3.38. The number of nitrogens with one attached hydrogen (secondary N) is 1. The van der Waals surface area contributed by atoms with Crippen LogP contribution in [0.1, 0.15) is 12.0 Å². The first-order valence-electron chi connectivity index (χ1n) is 5.01. The van der Waals surface area contributed by atoms with E-state index in [4.69, 9.17) is 20.6 Å². The summed E-state index contributed by atoms with van der Waals surface area (Å²) < 4.78 is 36.6. The number of benzene rings is 1. The number of nitrogen functional groups attached to an aromatic ring is 1. The number of hydrogen-bond donors (Lipinski definition) is 2. The third-order valence-electron chi connectivity index (χ3n) is 2.05. The highest BCUT2D eigenvalue weighted by molar-refractivity contribution is 5.95. The van der Waals surface area contributed by atoms with Crippen molar-refractivity contribution in [3.05, 3.63) is 29.3 Å². The van der Waals surface area contributed by atoms with Gasteiger partial charge in [0, 0.05) is 25.7 Å². The number of methoxy groups -OCH3 is 1. The third kappa shape index (κ3) is 3.67. The normalized spacial score (nSPS) is 10.3. The van der Waals surface area contributed by atoms with Gasteiger partial charge in [-0.3, -0.25) is 5.41 Å². The van der Waals surface area contributed by atoms with E-state index in [-0.39, 0.29) is 12.2 Å². The molecule has 0 aromatic heterocycles. The van der Waals surface area contributed by atoms with Gasteiger partial charge in [-0.25, -0.2) is 8.78 Å². The van der Waals surface area contributed by atoms with Crippen LogP contribution >= 0.6 is 0 Å². The van der Waals surface area contributed by atoms with Crippen molar-refractivity contribution in [3.8, 4) is 5.75 Å². The summed E-state index contributed by atoms with van der Waals surface area (Å²) in [4.78, 5) is 0. The van der Waals surface area contributed by atoms with Crippen molar-refractivity contribution in [1.82, 2.24) is 0 Å². The Hall–Kier alpha value is -1.69. The fourth-order valence-electron chi connectivity index (χ4n) is 1.23. The summed E-state index contributed by atoms with van der Waals surface area (Å²) in [5.74, 6) is -2.58. The lowest BCUT2D eigenvalue weighted by Crippen LogP contribution is -2.13. The zero-order valence-corrected chi connectivity index (χ0v) is 9.43. The predicted octanol–water partition coefficient (Wildman–Crippen LogP) is 1.66. The highest BCUT2D eigenvalue weighted by atomic mass is 19.1. The Morgan fingerprint density at radius 1 is 1.29 bits per heavy atom. The molecule has 94 valence electrons. The van der Waals surface area contributed by atoms with Crippen LogP contribution in [-0.4, -0.2) is 26.2 Å². The van der Waals surface area contributed by atoms with Gasteiger partial charge in [-0.15, -0.1) is 0 Å². The lowest BCUT2D eigenvalue weighted by Gasteiger charge is -2.09. The van der Waals surface area contributed by atoms with Crippen LogP contribution in [-0.2, 0) is 4.74 Å². The highest BCUT2D eigenvalue weighted by Crippen LogP contribution is 2.23. The summed E-state index contributed by atoms with van der Waals surface area (Å²) in [6.45, 7) is 0.607. The van der Waals surface area contributed by atoms with E-state index >= 15 is 0 Å². The maximum atomic E-state index is 13.4. The van der Waals surface area contributed by atoms with Gasteiger partial charge in [-0.05, 0) is 12.1 Å². The molecule has 6 heteroatoms. The molecule has 0 saturated carbocycles. The van der Waals surface area contributed by atoms with Gasteiger partial charge in [0.25, 0.3) is 0 Å². The second kappa shape index (κ2) is 6.15. The van der Waals surface area contributed by atoms with Gasteiger partial charge in [0.1, 0.15) is 5.84 Å². The molecule has 0 unspecified atom stereocenters. The summed E-state index contributed by atoms with van der Waals surface area (Å²) in [5, 5.41) is 7.08. The summed E-state index contributed by atoms with van der Waals surface area (Å²) in [7, 11) is 1.53. The molecule has 0 spiro atoms. The Morgan fingerprint density at radius 2 is 1.88 bits per heavy atom. The Balaban J connectivity index is 2.76. The molecule has 0 radical (unpaired) electrons. The minimum atomic E-state index is -0.868. The molecule has 0 aliphatic rings. The molecule has 0 saturated heterocycles. The van der Waals surface area contributed by atoms with Crippen molar-refractivity contribution < 1.29 is 18.3 Å². The molecule has 0 heterocycles. The van der Waals surface area contributed by atoms with Crippen LogP contribution < -0.4 is 10.5 Å². The maximum Gasteiger partial charge on any atom is 0.190 e. The zero-order valence-electron chi connectivity index (χ0n) is 9.43. The van der Waals surface area contributed by atoms with Crippen molar-refractivity contribution >= 4 is 5.84 Å². The Kier molecular flexibility index (Phi) is 4.84. The van der Waals surface area contributed by atoms with E-state index < -0.39 is 23.2 Å². The Labute approximate surface area is 97.8 Å². The minimum absolute atomic E-state index is 0.00996. The van der Waals surface area contributed by atoms with Gasteiger partial charge in [-0.1, -0.05) is 0 Å². The molecule has 3 N–H and O–H groups in total. The van der Waals surface area contributed by atoms with E-state index in [1.54, 1.807) is 0 Å². The molecule has 0 bridgehead atoms. The van der Waals surface area contributed by atoms with Crippen molar-refractivity contribution in [2.24, 2.45) is 5.73 Å². The lowest BCUT2D eigenvalue weighted by atomic mass is 10.2. The Morgan fingerprint density at radius 3 is 2.35 bits per heavy atom. The molecule has 1 aromatic rings. The average molecular weight is 244 g/mol. The second-order valence-corrected chi connectivity index (χ2v) is 3.38. The average Bonchev–Trinajstić information content (AvgIpc) is 2.26. The lowest BCUT2D eigenvalue weighted by molar-refractivity contribution is 0.168. The predicted molar refractivity (Wildman–Crippen MR) is 59.4 cm³/mol. The summed E-state index contributed by atoms with van der Waals surface area (Å²) in [6.07, 6.45) is 0.532. The highest BCUT2D eigenvalue weighted by Gasteiger charge is 2.13.